The fraction of sp³-hybridized carbons (Fsp3) is 0.500. The molecule has 0 rings (SSSR count). The Morgan fingerprint density at radius 1 is 1.57 bits per heavy atom. The van der Waals surface area contributed by atoms with Crippen molar-refractivity contribution in [3.63, 3.8) is 0 Å². The Morgan fingerprint density at radius 2 is 1.71 bits per heavy atom. The van der Waals surface area contributed by atoms with E-state index in [2.05, 4.69) is 0 Å². The molecule has 0 radical (unpaired) electrons. The Kier molecular flexibility index (Phi) is 1.25. The highest BCUT2D eigenvalue weighted by molar-refractivity contribution is 5.73. The summed E-state index contributed by atoms with van der Waals surface area (Å²) in [5.41, 5.74) is 0. The average molecular weight is 117 g/mol. The molecule has 0 spiro atoms. The number of carboxylic acid groups (broad SMARTS) is 1. The fourth-order valence-corrected chi connectivity index (χ4v) is 0. The third-order valence-corrected chi connectivity index (χ3v) is 0.243. The molecule has 0 aliphatic heterocycles. The van der Waals surface area contributed by atoms with E-state index >= 15 is 0 Å². The Morgan fingerprint density at radius 3 is 1.71 bits per heavy atom. The Bertz CT molecular complexity index is 87.8. The van der Waals surface area contributed by atoms with Gasteiger partial charge < -0.3 is 5.11 Å². The summed E-state index contributed by atoms with van der Waals surface area (Å²) in [7, 11) is 0. The molecule has 0 saturated heterocycles. The van der Waals surface area contributed by atoms with E-state index in [0.717, 1.165) is 0 Å². The lowest BCUT2D eigenvalue weighted by Gasteiger charge is -1.93. The summed E-state index contributed by atoms with van der Waals surface area (Å²) >= 11 is 0. The van der Waals surface area contributed by atoms with Crippen molar-refractivity contribution in [2.24, 2.45) is 0 Å². The maximum atomic E-state index is 10.6. The van der Waals surface area contributed by atoms with Crippen LogP contribution in [0.5, 0.6) is 0 Å². The van der Waals surface area contributed by atoms with Gasteiger partial charge in [0.2, 0.25) is 0 Å². The highest BCUT2D eigenvalue weighted by atomic mass is 19.4. The quantitative estimate of drug-likeness (QED) is 0.511. The summed E-state index contributed by atoms with van der Waals surface area (Å²) in [4.78, 5) is 8.90. The van der Waals surface area contributed by atoms with Crippen LogP contribution >= 0.6 is 0 Å². The minimum atomic E-state index is -5.08. The third kappa shape index (κ3) is 2.02. The van der Waals surface area contributed by atoms with Crippen LogP contribution in [0.4, 0.5) is 13.2 Å². The minimum absolute atomic E-state index is 0. The van der Waals surface area contributed by atoms with Crippen LogP contribution in [0.2, 0.25) is 0 Å². The van der Waals surface area contributed by atoms with Gasteiger partial charge in [-0.25, -0.2) is 4.79 Å². The van der Waals surface area contributed by atoms with Crippen molar-refractivity contribution < 1.29 is 24.5 Å². The largest absolute Gasteiger partial charge is 0.490 e. The van der Waals surface area contributed by atoms with E-state index in [1.807, 2.05) is 0 Å². The first-order valence-electron chi connectivity index (χ1n) is 1.24. The van der Waals surface area contributed by atoms with Crippen LogP contribution in [0, 0.1) is 0 Å². The van der Waals surface area contributed by atoms with Gasteiger partial charge >= 0.3 is 12.1 Å². The molecule has 0 aromatic heterocycles. The molecule has 44 valence electrons. The molecule has 2 nitrogen and oxygen atoms in total. The topological polar surface area (TPSA) is 37.3 Å². The van der Waals surface area contributed by atoms with Crippen LogP contribution in [0.3, 0.4) is 0 Å². The first-order chi connectivity index (χ1) is 2.94. The molecule has 7 heavy (non-hydrogen) atoms. The van der Waals surface area contributed by atoms with Crippen LogP contribution in [-0.2, 0) is 4.79 Å². The van der Waals surface area contributed by atoms with Crippen LogP contribution in [0.1, 0.15) is 1.43 Å². The molecule has 0 aromatic rings. The zero-order valence-corrected chi connectivity index (χ0v) is 2.99. The van der Waals surface area contributed by atoms with Gasteiger partial charge in [0.05, 0.1) is 0 Å². The molecule has 5 heteroatoms. The average Bonchev–Trinajstić information content (AvgIpc) is 1.31. The highest BCUT2D eigenvalue weighted by Crippen LogP contribution is 2.13. The summed E-state index contributed by atoms with van der Waals surface area (Å²) in [5, 5.41) is 7.12. The lowest BCUT2D eigenvalue weighted by molar-refractivity contribution is -0.192. The minimum Gasteiger partial charge on any atom is -0.475 e. The Labute approximate surface area is 38.0 Å². The molecule has 0 heterocycles. The third-order valence-electron chi connectivity index (χ3n) is 0.243. The lowest BCUT2D eigenvalue weighted by atomic mass is 10.7. The summed E-state index contributed by atoms with van der Waals surface area (Å²) in [6, 6.07) is 0. The molecule has 0 aliphatic rings. The Balaban J connectivity index is 0. The zero-order chi connectivity index (χ0) is 6.08. The van der Waals surface area contributed by atoms with E-state index in [-0.39, 0.29) is 1.43 Å². The van der Waals surface area contributed by atoms with E-state index in [1.54, 1.807) is 0 Å². The number of aliphatic carboxylic acids is 1. The smallest absolute Gasteiger partial charge is 0.475 e. The van der Waals surface area contributed by atoms with Crippen molar-refractivity contribution in [2.45, 2.75) is 6.18 Å². The van der Waals surface area contributed by atoms with Gasteiger partial charge in [-0.3, -0.25) is 0 Å². The molecular weight excluding hydrogens is 113 g/mol. The standard InChI is InChI=1S/C2HF3O2.H2/c3-2(4,5)1(6)7;/h(H,6,7);1H/i;1+1. The monoisotopic (exact) mass is 117 g/mol. The number of halogens is 3. The normalized spacial score (nSPS) is 11.3. The maximum absolute atomic E-state index is 10.6. The second-order valence-electron chi connectivity index (χ2n) is 0.803. The van der Waals surface area contributed by atoms with Gasteiger partial charge in [-0.1, -0.05) is 0 Å². The van der Waals surface area contributed by atoms with Crippen LogP contribution in [0.15, 0.2) is 0 Å². The predicted molar refractivity (Wildman–Crippen MR) is 15.8 cm³/mol. The van der Waals surface area contributed by atoms with Crippen LogP contribution in [-0.4, -0.2) is 17.3 Å². The van der Waals surface area contributed by atoms with Gasteiger partial charge in [0.25, 0.3) is 0 Å². The van der Waals surface area contributed by atoms with Crippen molar-refractivity contribution in [1.29, 1.82) is 0 Å². The molecule has 0 aromatic carbocycles. The summed E-state index contributed by atoms with van der Waals surface area (Å²) in [6.45, 7) is 0. The zero-order valence-electron chi connectivity index (χ0n) is 2.99. The predicted octanol–water partition coefficient (Wildman–Crippen LogP) is 0.879. The molecular formula is C2H3F3O2. The van der Waals surface area contributed by atoms with Gasteiger partial charge in [-0.05, 0) is 0 Å². The molecule has 0 aliphatic carbocycles. The van der Waals surface area contributed by atoms with Gasteiger partial charge in [-0.2, -0.15) is 13.2 Å². The van der Waals surface area contributed by atoms with E-state index in [9.17, 15) is 13.2 Å². The summed E-state index contributed by atoms with van der Waals surface area (Å²) in [5.74, 6) is -2.76. The van der Waals surface area contributed by atoms with E-state index in [4.69, 9.17) is 9.90 Å². The first-order valence-corrected chi connectivity index (χ1v) is 1.24. The SMILES string of the molecule is O=C(O)C(F)(F)F.[2HH]. The first kappa shape index (κ1) is 6.26. The summed E-state index contributed by atoms with van der Waals surface area (Å²) in [6.07, 6.45) is -5.08. The van der Waals surface area contributed by atoms with Crippen molar-refractivity contribution >= 4 is 5.97 Å². The molecule has 0 atom stereocenters. The van der Waals surface area contributed by atoms with Gasteiger partial charge in [0, 0.05) is 1.43 Å². The number of hydrogen-bond donors (Lipinski definition) is 1. The van der Waals surface area contributed by atoms with E-state index in [1.165, 1.54) is 0 Å². The lowest BCUT2D eigenvalue weighted by Crippen LogP contribution is -2.21. The van der Waals surface area contributed by atoms with Crippen LogP contribution in [0.25, 0.3) is 0 Å². The highest BCUT2D eigenvalue weighted by Gasteiger charge is 2.38. The van der Waals surface area contributed by atoms with Gasteiger partial charge in [0.1, 0.15) is 0 Å². The number of carbonyl (C=O) groups is 1. The molecule has 0 amide bonds. The van der Waals surface area contributed by atoms with E-state index < -0.39 is 12.1 Å². The molecule has 1 N–H and O–H groups in total. The van der Waals surface area contributed by atoms with Crippen molar-refractivity contribution in [1.82, 2.24) is 0 Å². The number of alkyl halides is 3. The number of carboxylic acids is 1. The van der Waals surface area contributed by atoms with Gasteiger partial charge in [-0.15, -0.1) is 0 Å². The Hall–Kier alpha value is -0.740. The van der Waals surface area contributed by atoms with Crippen molar-refractivity contribution in [3.8, 4) is 0 Å². The second kappa shape index (κ2) is 1.40. The maximum Gasteiger partial charge on any atom is 0.490 e. The van der Waals surface area contributed by atoms with Crippen molar-refractivity contribution in [2.75, 3.05) is 0 Å². The molecule has 0 unspecified atom stereocenters. The molecule has 0 bridgehead atoms. The molecule has 0 fully saturated rings. The number of rotatable bonds is 0. The van der Waals surface area contributed by atoms with E-state index in [0.29, 0.717) is 0 Å². The second-order valence-corrected chi connectivity index (χ2v) is 0.803. The summed E-state index contributed by atoms with van der Waals surface area (Å²) < 4.78 is 31.7. The van der Waals surface area contributed by atoms with Gasteiger partial charge in [0.15, 0.2) is 0 Å². The number of hydrogen-bond acceptors (Lipinski definition) is 1. The van der Waals surface area contributed by atoms with Crippen molar-refractivity contribution in [3.05, 3.63) is 0 Å². The fourth-order valence-electron chi connectivity index (χ4n) is 0. The molecule has 0 saturated carbocycles. The van der Waals surface area contributed by atoms with Crippen LogP contribution < -0.4 is 0 Å².